The van der Waals surface area contributed by atoms with Crippen molar-refractivity contribution in [3.63, 3.8) is 0 Å². The van der Waals surface area contributed by atoms with Crippen molar-refractivity contribution in [2.75, 3.05) is 7.11 Å². The maximum atomic E-state index is 12.8. The molecule has 1 N–H and O–H groups in total. The Bertz CT molecular complexity index is 1140. The smallest absolute Gasteiger partial charge is 0.255 e. The number of amides is 1. The van der Waals surface area contributed by atoms with Gasteiger partial charge in [-0.3, -0.25) is 4.79 Å². The van der Waals surface area contributed by atoms with Crippen LogP contribution in [0, 0.1) is 0 Å². The highest BCUT2D eigenvalue weighted by Crippen LogP contribution is 2.30. The average molecular weight is 421 g/mol. The summed E-state index contributed by atoms with van der Waals surface area (Å²) in [5.41, 5.74) is 3.29. The maximum absolute atomic E-state index is 12.8. The van der Waals surface area contributed by atoms with Crippen LogP contribution in [0.5, 0.6) is 5.75 Å². The fourth-order valence-corrected chi connectivity index (χ4v) is 3.55. The van der Waals surface area contributed by atoms with E-state index in [0.717, 1.165) is 23.4 Å². The molecule has 30 heavy (non-hydrogen) atoms. The number of carbonyl (C=O) groups excluding carboxylic acids is 1. The number of nitrogens with one attached hydrogen (secondary N) is 1. The van der Waals surface area contributed by atoms with Gasteiger partial charge in [0.05, 0.1) is 29.7 Å². The normalized spacial score (nSPS) is 10.7. The minimum atomic E-state index is -0.243. The Kier molecular flexibility index (Phi) is 5.86. The van der Waals surface area contributed by atoms with Crippen LogP contribution in [0.15, 0.2) is 79.6 Å². The topological polar surface area (TPSA) is 61.1 Å². The summed E-state index contributed by atoms with van der Waals surface area (Å²) in [4.78, 5) is 16.9. The lowest BCUT2D eigenvalue weighted by Crippen LogP contribution is -2.23. The molecule has 0 unspecified atom stereocenters. The summed E-state index contributed by atoms with van der Waals surface area (Å²) in [6, 6.07) is 15.3. The van der Waals surface area contributed by atoms with Crippen molar-refractivity contribution < 1.29 is 9.53 Å². The van der Waals surface area contributed by atoms with Crippen molar-refractivity contribution in [2.24, 2.45) is 0 Å². The molecule has 2 aromatic carbocycles. The lowest BCUT2D eigenvalue weighted by molar-refractivity contribution is 0.0948. The third-order valence-corrected chi connectivity index (χ3v) is 5.07. The van der Waals surface area contributed by atoms with Crippen molar-refractivity contribution in [3.05, 3.63) is 101 Å². The number of rotatable bonds is 7. The number of imidazole rings is 1. The molecular weight excluding hydrogens is 400 g/mol. The van der Waals surface area contributed by atoms with Gasteiger partial charge in [0.1, 0.15) is 5.75 Å². The van der Waals surface area contributed by atoms with E-state index < -0.39 is 0 Å². The lowest BCUT2D eigenvalue weighted by Gasteiger charge is -2.14. The second kappa shape index (κ2) is 8.88. The predicted octanol–water partition coefficient (Wildman–Crippen LogP) is 4.31. The summed E-state index contributed by atoms with van der Waals surface area (Å²) in [6.45, 7) is 1.13. The van der Waals surface area contributed by atoms with Crippen molar-refractivity contribution in [1.82, 2.24) is 19.4 Å². The highest BCUT2D eigenvalue weighted by molar-refractivity contribution is 6.33. The monoisotopic (exact) mass is 420 g/mol. The molecule has 7 heteroatoms. The molecule has 4 aromatic rings. The van der Waals surface area contributed by atoms with E-state index in [9.17, 15) is 4.79 Å². The number of hydrogen-bond donors (Lipinski definition) is 1. The Labute approximate surface area is 179 Å². The van der Waals surface area contributed by atoms with Gasteiger partial charge in [-0.25, -0.2) is 4.98 Å². The SMILES string of the molecule is COc1cc(-n2cccc2)c(Cl)cc1C(=O)NCc1cccc(Cn2ccnc2)c1. The van der Waals surface area contributed by atoms with Gasteiger partial charge in [0.25, 0.3) is 5.91 Å². The van der Waals surface area contributed by atoms with Gasteiger partial charge in [-0.1, -0.05) is 35.9 Å². The van der Waals surface area contributed by atoms with Crippen LogP contribution in [0.2, 0.25) is 5.02 Å². The third kappa shape index (κ3) is 4.39. The first-order valence-electron chi connectivity index (χ1n) is 9.46. The Morgan fingerprint density at radius 3 is 2.63 bits per heavy atom. The first-order chi connectivity index (χ1) is 14.6. The number of ether oxygens (including phenoxy) is 1. The predicted molar refractivity (Wildman–Crippen MR) is 116 cm³/mol. The molecule has 0 radical (unpaired) electrons. The van der Waals surface area contributed by atoms with E-state index >= 15 is 0 Å². The molecule has 0 aliphatic heterocycles. The van der Waals surface area contributed by atoms with Crippen molar-refractivity contribution in [2.45, 2.75) is 13.1 Å². The van der Waals surface area contributed by atoms with E-state index in [0.29, 0.717) is 22.9 Å². The Morgan fingerprint density at radius 1 is 1.10 bits per heavy atom. The van der Waals surface area contributed by atoms with Gasteiger partial charge < -0.3 is 19.2 Å². The van der Waals surface area contributed by atoms with E-state index in [4.69, 9.17) is 16.3 Å². The lowest BCUT2D eigenvalue weighted by atomic mass is 10.1. The van der Waals surface area contributed by atoms with Gasteiger partial charge in [0.2, 0.25) is 0 Å². The number of aromatic nitrogens is 3. The van der Waals surface area contributed by atoms with E-state index in [2.05, 4.69) is 16.4 Å². The van der Waals surface area contributed by atoms with Crippen LogP contribution in [0.4, 0.5) is 0 Å². The van der Waals surface area contributed by atoms with Gasteiger partial charge in [-0.15, -0.1) is 0 Å². The molecule has 0 aliphatic carbocycles. The van der Waals surface area contributed by atoms with Crippen LogP contribution in [-0.4, -0.2) is 27.1 Å². The van der Waals surface area contributed by atoms with Gasteiger partial charge in [-0.2, -0.15) is 0 Å². The van der Waals surface area contributed by atoms with Crippen molar-refractivity contribution in [3.8, 4) is 11.4 Å². The molecular formula is C23H21ClN4O2. The van der Waals surface area contributed by atoms with Gasteiger partial charge in [0, 0.05) is 43.9 Å². The highest BCUT2D eigenvalue weighted by Gasteiger charge is 2.16. The fraction of sp³-hybridized carbons (Fsp3) is 0.130. The summed E-state index contributed by atoms with van der Waals surface area (Å²) < 4.78 is 9.32. The molecule has 0 saturated carbocycles. The van der Waals surface area contributed by atoms with Crippen LogP contribution in [-0.2, 0) is 13.1 Å². The summed E-state index contributed by atoms with van der Waals surface area (Å²) in [5.74, 6) is 0.224. The Balaban J connectivity index is 1.48. The van der Waals surface area contributed by atoms with Crippen LogP contribution in [0.1, 0.15) is 21.5 Å². The second-order valence-corrected chi connectivity index (χ2v) is 7.24. The molecule has 2 aromatic heterocycles. The molecule has 2 heterocycles. The molecule has 4 rings (SSSR count). The molecule has 1 amide bonds. The number of benzene rings is 2. The van der Waals surface area contributed by atoms with Crippen LogP contribution < -0.4 is 10.1 Å². The quantitative estimate of drug-likeness (QED) is 0.484. The van der Waals surface area contributed by atoms with E-state index in [-0.39, 0.29) is 5.91 Å². The van der Waals surface area contributed by atoms with Gasteiger partial charge in [-0.05, 0) is 29.3 Å². The fourth-order valence-electron chi connectivity index (χ4n) is 3.29. The average Bonchev–Trinajstić information content (AvgIpc) is 3.46. The number of carbonyl (C=O) groups is 1. The van der Waals surface area contributed by atoms with Crippen LogP contribution >= 0.6 is 11.6 Å². The second-order valence-electron chi connectivity index (χ2n) is 6.83. The number of nitrogens with zero attached hydrogens (tertiary/aromatic N) is 3. The van der Waals surface area contributed by atoms with Gasteiger partial charge >= 0.3 is 0 Å². The van der Waals surface area contributed by atoms with Gasteiger partial charge in [0.15, 0.2) is 0 Å². The molecule has 0 spiro atoms. The van der Waals surface area contributed by atoms with E-state index in [1.54, 1.807) is 31.8 Å². The van der Waals surface area contributed by atoms with Crippen molar-refractivity contribution >= 4 is 17.5 Å². The maximum Gasteiger partial charge on any atom is 0.255 e. The van der Waals surface area contributed by atoms with Crippen LogP contribution in [0.25, 0.3) is 5.69 Å². The minimum absolute atomic E-state index is 0.243. The number of methoxy groups -OCH3 is 1. The molecule has 0 saturated heterocycles. The molecule has 0 aliphatic rings. The zero-order valence-electron chi connectivity index (χ0n) is 16.5. The van der Waals surface area contributed by atoms with Crippen LogP contribution in [0.3, 0.4) is 0 Å². The van der Waals surface area contributed by atoms with E-state index in [1.165, 1.54) is 0 Å². The zero-order valence-corrected chi connectivity index (χ0v) is 17.2. The number of hydrogen-bond acceptors (Lipinski definition) is 3. The minimum Gasteiger partial charge on any atom is -0.496 e. The summed E-state index contributed by atoms with van der Waals surface area (Å²) in [7, 11) is 1.54. The third-order valence-electron chi connectivity index (χ3n) is 4.76. The van der Waals surface area contributed by atoms with E-state index in [1.807, 2.05) is 58.1 Å². The Hall–Kier alpha value is -3.51. The summed E-state index contributed by atoms with van der Waals surface area (Å²) in [6.07, 6.45) is 9.22. The molecule has 0 bridgehead atoms. The zero-order chi connectivity index (χ0) is 20.9. The Morgan fingerprint density at radius 2 is 1.90 bits per heavy atom. The molecule has 6 nitrogen and oxygen atoms in total. The molecule has 0 atom stereocenters. The summed E-state index contributed by atoms with van der Waals surface area (Å²) in [5, 5.41) is 3.43. The first-order valence-corrected chi connectivity index (χ1v) is 9.84. The summed E-state index contributed by atoms with van der Waals surface area (Å²) >= 11 is 6.44. The standard InChI is InChI=1S/C23H21ClN4O2/c1-30-22-13-21(28-8-2-3-9-28)20(24)12-19(22)23(29)26-14-17-5-4-6-18(11-17)15-27-10-7-25-16-27/h2-13,16H,14-15H2,1H3,(H,26,29). The molecule has 152 valence electrons. The molecule has 0 fully saturated rings. The largest absolute Gasteiger partial charge is 0.496 e. The van der Waals surface area contributed by atoms with Crippen molar-refractivity contribution in [1.29, 1.82) is 0 Å². The number of halogens is 1. The first kappa shape index (κ1) is 19.8. The highest BCUT2D eigenvalue weighted by atomic mass is 35.5.